The Balaban J connectivity index is 1.43. The van der Waals surface area contributed by atoms with E-state index in [2.05, 4.69) is 42.9 Å². The zero-order valence-electron chi connectivity index (χ0n) is 12.8. The van der Waals surface area contributed by atoms with Crippen LogP contribution in [0, 0.1) is 5.92 Å². The molecule has 2 aliphatic heterocycles. The Hall–Kier alpha value is -0.430. The van der Waals surface area contributed by atoms with Crippen LogP contribution >= 0.6 is 27.3 Å². The summed E-state index contributed by atoms with van der Waals surface area (Å²) in [7, 11) is 0. The van der Waals surface area contributed by atoms with Crippen molar-refractivity contribution in [3.05, 3.63) is 20.8 Å². The van der Waals surface area contributed by atoms with Crippen LogP contribution in [0.4, 0.5) is 0 Å². The number of likely N-dealkylation sites (tertiary alicyclic amines) is 1. The number of carbonyl (C=O) groups is 1. The van der Waals surface area contributed by atoms with E-state index in [-0.39, 0.29) is 11.9 Å². The molecule has 2 N–H and O–H groups in total. The van der Waals surface area contributed by atoms with E-state index in [0.717, 1.165) is 39.0 Å². The van der Waals surface area contributed by atoms with E-state index in [0.29, 0.717) is 5.92 Å². The predicted octanol–water partition coefficient (Wildman–Crippen LogP) is 2.59. The highest BCUT2D eigenvalue weighted by molar-refractivity contribution is 9.11. The number of hydrogen-bond acceptors (Lipinski definition) is 4. The summed E-state index contributed by atoms with van der Waals surface area (Å²) in [6.07, 6.45) is 4.55. The summed E-state index contributed by atoms with van der Waals surface area (Å²) in [5, 5.41) is 8.63. The van der Waals surface area contributed by atoms with Crippen molar-refractivity contribution in [3.63, 3.8) is 0 Å². The molecule has 0 bridgehead atoms. The van der Waals surface area contributed by atoms with Crippen molar-refractivity contribution in [3.8, 4) is 0 Å². The molecular weight excluding hydrogens is 362 g/mol. The van der Waals surface area contributed by atoms with Gasteiger partial charge in [-0.25, -0.2) is 0 Å². The summed E-state index contributed by atoms with van der Waals surface area (Å²) in [6.45, 7) is 5.08. The lowest BCUT2D eigenvalue weighted by Gasteiger charge is -2.32. The van der Waals surface area contributed by atoms with E-state index >= 15 is 0 Å². The molecule has 2 aliphatic rings. The van der Waals surface area contributed by atoms with Crippen LogP contribution in [-0.2, 0) is 11.3 Å². The largest absolute Gasteiger partial charge is 0.354 e. The van der Waals surface area contributed by atoms with Crippen LogP contribution in [0.2, 0.25) is 0 Å². The fourth-order valence-electron chi connectivity index (χ4n) is 3.42. The lowest BCUT2D eigenvalue weighted by molar-refractivity contribution is -0.123. The third-order valence-electron chi connectivity index (χ3n) is 4.57. The molecule has 3 heterocycles. The van der Waals surface area contributed by atoms with Crippen LogP contribution in [0.25, 0.3) is 0 Å². The van der Waals surface area contributed by atoms with Crippen LogP contribution in [-0.4, -0.2) is 43.0 Å². The standard InChI is InChI=1S/C16H24BrN3OS/c17-15-7-13(11-22-15)10-20-6-2-3-12(9-20)8-19-16(21)14-4-1-5-18-14/h7,11-12,14,18H,1-6,8-10H2,(H,19,21). The molecule has 2 atom stereocenters. The minimum absolute atomic E-state index is 0.0443. The quantitative estimate of drug-likeness (QED) is 0.818. The van der Waals surface area contributed by atoms with Crippen LogP contribution in [0.5, 0.6) is 0 Å². The molecule has 1 amide bonds. The second-order valence-corrected chi connectivity index (χ2v) is 8.69. The molecule has 22 heavy (non-hydrogen) atoms. The number of carbonyl (C=O) groups excluding carboxylic acids is 1. The summed E-state index contributed by atoms with van der Waals surface area (Å²) < 4.78 is 1.20. The number of nitrogens with zero attached hydrogens (tertiary/aromatic N) is 1. The average molecular weight is 386 g/mol. The Morgan fingerprint density at radius 1 is 1.45 bits per heavy atom. The summed E-state index contributed by atoms with van der Waals surface area (Å²) in [5.41, 5.74) is 1.39. The molecule has 0 radical (unpaired) electrons. The number of hydrogen-bond donors (Lipinski definition) is 2. The molecule has 0 spiro atoms. The van der Waals surface area contributed by atoms with Crippen molar-refractivity contribution in [1.82, 2.24) is 15.5 Å². The molecule has 4 nitrogen and oxygen atoms in total. The molecule has 2 saturated heterocycles. The summed E-state index contributed by atoms with van der Waals surface area (Å²) >= 11 is 5.28. The third-order valence-corrected chi connectivity index (χ3v) is 6.13. The Kier molecular flexibility index (Phi) is 5.90. The minimum atomic E-state index is 0.0443. The Bertz CT molecular complexity index is 501. The normalized spacial score (nSPS) is 26.2. The molecule has 3 rings (SSSR count). The first-order chi connectivity index (χ1) is 10.7. The van der Waals surface area contributed by atoms with Gasteiger partial charge in [0.15, 0.2) is 0 Å². The Morgan fingerprint density at radius 2 is 2.36 bits per heavy atom. The third kappa shape index (κ3) is 4.54. The Morgan fingerprint density at radius 3 is 3.09 bits per heavy atom. The highest BCUT2D eigenvalue weighted by atomic mass is 79.9. The molecule has 2 fully saturated rings. The molecular formula is C16H24BrN3OS. The molecule has 0 saturated carbocycles. The van der Waals surface area contributed by atoms with Crippen LogP contribution < -0.4 is 10.6 Å². The molecule has 2 unspecified atom stereocenters. The van der Waals surface area contributed by atoms with E-state index in [4.69, 9.17) is 0 Å². The molecule has 1 aromatic rings. The van der Waals surface area contributed by atoms with Gasteiger partial charge in [0.2, 0.25) is 5.91 Å². The van der Waals surface area contributed by atoms with Crippen molar-refractivity contribution >= 4 is 33.2 Å². The van der Waals surface area contributed by atoms with Crippen LogP contribution in [0.3, 0.4) is 0 Å². The number of rotatable bonds is 5. The van der Waals surface area contributed by atoms with Gasteiger partial charge in [-0.05, 0) is 77.6 Å². The lowest BCUT2D eigenvalue weighted by atomic mass is 9.97. The van der Waals surface area contributed by atoms with Gasteiger partial charge < -0.3 is 10.6 Å². The van der Waals surface area contributed by atoms with Gasteiger partial charge in [0.05, 0.1) is 9.83 Å². The van der Waals surface area contributed by atoms with Crippen molar-refractivity contribution < 1.29 is 4.79 Å². The van der Waals surface area contributed by atoms with E-state index < -0.39 is 0 Å². The fraction of sp³-hybridized carbons (Fsp3) is 0.688. The fourth-order valence-corrected chi connectivity index (χ4v) is 4.63. The minimum Gasteiger partial charge on any atom is -0.354 e. The number of piperidine rings is 1. The van der Waals surface area contributed by atoms with Gasteiger partial charge in [-0.2, -0.15) is 0 Å². The van der Waals surface area contributed by atoms with E-state index in [1.165, 1.54) is 28.7 Å². The number of amides is 1. The number of halogens is 1. The van der Waals surface area contributed by atoms with Crippen LogP contribution in [0.1, 0.15) is 31.2 Å². The molecule has 6 heteroatoms. The van der Waals surface area contributed by atoms with E-state index in [1.54, 1.807) is 11.3 Å². The van der Waals surface area contributed by atoms with Crippen LogP contribution in [0.15, 0.2) is 15.2 Å². The highest BCUT2D eigenvalue weighted by Gasteiger charge is 2.24. The summed E-state index contributed by atoms with van der Waals surface area (Å²) in [4.78, 5) is 14.6. The molecule has 0 aromatic carbocycles. The second-order valence-electron chi connectivity index (χ2n) is 6.40. The maximum Gasteiger partial charge on any atom is 0.237 e. The van der Waals surface area contributed by atoms with Crippen molar-refractivity contribution in [2.45, 2.75) is 38.3 Å². The van der Waals surface area contributed by atoms with Gasteiger partial charge in [-0.3, -0.25) is 9.69 Å². The maximum atomic E-state index is 12.1. The van der Waals surface area contributed by atoms with Crippen molar-refractivity contribution in [2.24, 2.45) is 5.92 Å². The van der Waals surface area contributed by atoms with Gasteiger partial charge in [0.1, 0.15) is 0 Å². The topological polar surface area (TPSA) is 44.4 Å². The van der Waals surface area contributed by atoms with Gasteiger partial charge in [-0.15, -0.1) is 11.3 Å². The SMILES string of the molecule is O=C(NCC1CCCN(Cc2csc(Br)c2)C1)C1CCCN1. The smallest absolute Gasteiger partial charge is 0.237 e. The first kappa shape index (κ1) is 16.4. The first-order valence-electron chi connectivity index (χ1n) is 8.17. The van der Waals surface area contributed by atoms with Gasteiger partial charge in [0.25, 0.3) is 0 Å². The molecule has 1 aromatic heterocycles. The number of thiophene rings is 1. The lowest BCUT2D eigenvalue weighted by Crippen LogP contribution is -2.45. The predicted molar refractivity (Wildman–Crippen MR) is 94.1 cm³/mol. The van der Waals surface area contributed by atoms with Crippen molar-refractivity contribution in [2.75, 3.05) is 26.2 Å². The second kappa shape index (κ2) is 7.90. The molecule has 0 aliphatic carbocycles. The van der Waals surface area contributed by atoms with E-state index in [1.807, 2.05) is 0 Å². The Labute approximate surface area is 144 Å². The van der Waals surface area contributed by atoms with Gasteiger partial charge in [-0.1, -0.05) is 0 Å². The van der Waals surface area contributed by atoms with Crippen molar-refractivity contribution in [1.29, 1.82) is 0 Å². The van der Waals surface area contributed by atoms with E-state index in [9.17, 15) is 4.79 Å². The summed E-state index contributed by atoms with van der Waals surface area (Å²) in [6, 6.07) is 2.25. The van der Waals surface area contributed by atoms with Gasteiger partial charge >= 0.3 is 0 Å². The zero-order chi connectivity index (χ0) is 15.4. The zero-order valence-corrected chi connectivity index (χ0v) is 15.2. The highest BCUT2D eigenvalue weighted by Crippen LogP contribution is 2.24. The number of nitrogens with one attached hydrogen (secondary N) is 2. The summed E-state index contributed by atoms with van der Waals surface area (Å²) in [5.74, 6) is 0.776. The average Bonchev–Trinajstić information content (AvgIpc) is 3.17. The molecule has 122 valence electrons. The monoisotopic (exact) mass is 385 g/mol. The van der Waals surface area contributed by atoms with Gasteiger partial charge in [0, 0.05) is 19.6 Å². The maximum absolute atomic E-state index is 12.1. The first-order valence-corrected chi connectivity index (χ1v) is 9.84.